The van der Waals surface area contributed by atoms with Crippen LogP contribution >= 0.6 is 0 Å². The molecule has 0 aromatic carbocycles. The predicted octanol–water partition coefficient (Wildman–Crippen LogP) is 2.92. The van der Waals surface area contributed by atoms with Crippen molar-refractivity contribution in [1.29, 1.82) is 0 Å². The Labute approximate surface area is 115 Å². The average molecular weight is 263 g/mol. The van der Waals surface area contributed by atoms with Gasteiger partial charge in [0.2, 0.25) is 0 Å². The van der Waals surface area contributed by atoms with Gasteiger partial charge in [0.05, 0.1) is 0 Å². The normalized spacial score (nSPS) is 12.3. The van der Waals surface area contributed by atoms with Gasteiger partial charge in [0, 0.05) is 16.8 Å². The van der Waals surface area contributed by atoms with Crippen molar-refractivity contribution in [3.63, 3.8) is 0 Å². The molecule has 0 spiro atoms. The van der Waals surface area contributed by atoms with Gasteiger partial charge in [0.1, 0.15) is 5.82 Å². The number of anilines is 1. The topological polar surface area (TPSA) is 68.0 Å². The quantitative estimate of drug-likeness (QED) is 0.881. The van der Waals surface area contributed by atoms with Gasteiger partial charge in [0.25, 0.3) is 5.91 Å². The molecule has 0 unspecified atom stereocenters. The molecule has 1 aromatic rings. The molecule has 0 aliphatic rings. The van der Waals surface area contributed by atoms with Gasteiger partial charge in [-0.15, -0.1) is 0 Å². The van der Waals surface area contributed by atoms with E-state index in [9.17, 15) is 4.79 Å². The molecular formula is C15H25N3O. The van der Waals surface area contributed by atoms with Crippen LogP contribution in [-0.4, -0.2) is 16.4 Å². The molecule has 4 nitrogen and oxygen atoms in total. The van der Waals surface area contributed by atoms with Crippen molar-refractivity contribution in [2.45, 2.75) is 53.5 Å². The third-order valence-electron chi connectivity index (χ3n) is 2.66. The minimum Gasteiger partial charge on any atom is -0.384 e. The molecule has 1 heterocycles. The maximum atomic E-state index is 12.3. The lowest BCUT2D eigenvalue weighted by Crippen LogP contribution is -2.45. The molecule has 0 atom stereocenters. The van der Waals surface area contributed by atoms with Crippen LogP contribution in [0.15, 0.2) is 12.1 Å². The van der Waals surface area contributed by atoms with Crippen molar-refractivity contribution in [3.05, 3.63) is 23.4 Å². The number of rotatable bonds is 3. The molecule has 1 aromatic heterocycles. The second-order valence-corrected chi connectivity index (χ2v) is 7.00. The Bertz CT molecular complexity index is 453. The number of carbonyl (C=O) groups excluding carboxylic acids is 1. The van der Waals surface area contributed by atoms with Crippen molar-refractivity contribution < 1.29 is 4.79 Å². The zero-order chi connectivity index (χ0) is 14.8. The van der Waals surface area contributed by atoms with Crippen molar-refractivity contribution in [2.24, 2.45) is 5.41 Å². The summed E-state index contributed by atoms with van der Waals surface area (Å²) in [6.45, 7) is 12.4. The van der Waals surface area contributed by atoms with Gasteiger partial charge in [-0.05, 0) is 44.7 Å². The molecule has 0 saturated heterocycles. The molecular weight excluding hydrogens is 238 g/mol. The Morgan fingerprint density at radius 1 is 1.26 bits per heavy atom. The molecule has 0 bridgehead atoms. The molecule has 106 valence electrons. The van der Waals surface area contributed by atoms with Gasteiger partial charge in [-0.25, -0.2) is 4.98 Å². The highest BCUT2D eigenvalue weighted by molar-refractivity contribution is 5.95. The largest absolute Gasteiger partial charge is 0.384 e. The van der Waals surface area contributed by atoms with Crippen LogP contribution in [0, 0.1) is 12.3 Å². The number of amides is 1. The molecule has 1 amide bonds. The van der Waals surface area contributed by atoms with E-state index in [2.05, 4.69) is 31.1 Å². The van der Waals surface area contributed by atoms with E-state index in [1.807, 2.05) is 20.8 Å². The summed E-state index contributed by atoms with van der Waals surface area (Å²) >= 11 is 0. The SMILES string of the molecule is Cc1cc(C(=O)NC(C)(C)CC(C)(C)C)cc(N)n1. The maximum Gasteiger partial charge on any atom is 0.251 e. The van der Waals surface area contributed by atoms with Crippen LogP contribution < -0.4 is 11.1 Å². The van der Waals surface area contributed by atoms with Gasteiger partial charge in [0.15, 0.2) is 0 Å². The number of hydrogen-bond donors (Lipinski definition) is 2. The van der Waals surface area contributed by atoms with Crippen LogP contribution in [-0.2, 0) is 0 Å². The van der Waals surface area contributed by atoms with Gasteiger partial charge in [-0.3, -0.25) is 4.79 Å². The van der Waals surface area contributed by atoms with E-state index in [-0.39, 0.29) is 16.9 Å². The van der Waals surface area contributed by atoms with E-state index in [0.29, 0.717) is 11.4 Å². The fourth-order valence-corrected chi connectivity index (χ4v) is 2.57. The van der Waals surface area contributed by atoms with Crippen molar-refractivity contribution in [2.75, 3.05) is 5.73 Å². The Morgan fingerprint density at radius 3 is 2.32 bits per heavy atom. The third-order valence-corrected chi connectivity index (χ3v) is 2.66. The Hall–Kier alpha value is -1.58. The van der Waals surface area contributed by atoms with Crippen molar-refractivity contribution in [3.8, 4) is 0 Å². The van der Waals surface area contributed by atoms with E-state index in [1.54, 1.807) is 12.1 Å². The lowest BCUT2D eigenvalue weighted by atomic mass is 9.81. The molecule has 0 radical (unpaired) electrons. The summed E-state index contributed by atoms with van der Waals surface area (Å²) < 4.78 is 0. The zero-order valence-electron chi connectivity index (χ0n) is 12.8. The lowest BCUT2D eigenvalue weighted by Gasteiger charge is -2.33. The number of hydrogen-bond acceptors (Lipinski definition) is 3. The summed E-state index contributed by atoms with van der Waals surface area (Å²) in [5.74, 6) is 0.269. The third kappa shape index (κ3) is 5.28. The summed E-state index contributed by atoms with van der Waals surface area (Å²) in [5.41, 5.74) is 6.88. The van der Waals surface area contributed by atoms with Crippen LogP contribution in [0.25, 0.3) is 0 Å². The maximum absolute atomic E-state index is 12.3. The Morgan fingerprint density at radius 2 is 1.84 bits per heavy atom. The number of nitrogens with zero attached hydrogens (tertiary/aromatic N) is 1. The lowest BCUT2D eigenvalue weighted by molar-refractivity contribution is 0.0891. The summed E-state index contributed by atoms with van der Waals surface area (Å²) in [5, 5.41) is 3.06. The van der Waals surface area contributed by atoms with Gasteiger partial charge >= 0.3 is 0 Å². The Balaban J connectivity index is 2.84. The second-order valence-electron chi connectivity index (χ2n) is 7.00. The number of pyridine rings is 1. The molecule has 1 rings (SSSR count). The van der Waals surface area contributed by atoms with E-state index < -0.39 is 0 Å². The molecule has 0 aliphatic heterocycles. The number of carbonyl (C=O) groups is 1. The minimum atomic E-state index is -0.263. The molecule has 0 fully saturated rings. The minimum absolute atomic E-state index is 0.105. The molecule has 0 aliphatic carbocycles. The van der Waals surface area contributed by atoms with Crippen LogP contribution in [0.1, 0.15) is 57.1 Å². The molecule has 4 heteroatoms. The van der Waals surface area contributed by atoms with E-state index in [1.165, 1.54) is 0 Å². The highest BCUT2D eigenvalue weighted by Gasteiger charge is 2.27. The highest BCUT2D eigenvalue weighted by Crippen LogP contribution is 2.27. The fraction of sp³-hybridized carbons (Fsp3) is 0.600. The summed E-state index contributed by atoms with van der Waals surface area (Å²) in [7, 11) is 0. The number of aryl methyl sites for hydroxylation is 1. The summed E-state index contributed by atoms with van der Waals surface area (Å²) in [6.07, 6.45) is 0.894. The first kappa shape index (κ1) is 15.5. The highest BCUT2D eigenvalue weighted by atomic mass is 16.1. The summed E-state index contributed by atoms with van der Waals surface area (Å²) in [4.78, 5) is 16.3. The molecule has 19 heavy (non-hydrogen) atoms. The number of nitrogens with two attached hydrogens (primary N) is 1. The van der Waals surface area contributed by atoms with Crippen molar-refractivity contribution in [1.82, 2.24) is 10.3 Å². The van der Waals surface area contributed by atoms with E-state index in [0.717, 1.165) is 12.1 Å². The van der Waals surface area contributed by atoms with Gasteiger partial charge in [-0.1, -0.05) is 20.8 Å². The standard InChI is InChI=1S/C15H25N3O/c1-10-7-11(8-12(16)17-10)13(19)18-15(5,6)9-14(2,3)4/h7-8H,9H2,1-6H3,(H2,16,17)(H,18,19). The number of nitrogen functional groups attached to an aromatic ring is 1. The summed E-state index contributed by atoms with van der Waals surface area (Å²) in [6, 6.07) is 3.36. The smallest absolute Gasteiger partial charge is 0.251 e. The first-order valence-corrected chi connectivity index (χ1v) is 6.55. The molecule has 3 N–H and O–H groups in total. The zero-order valence-corrected chi connectivity index (χ0v) is 12.8. The van der Waals surface area contributed by atoms with Crippen LogP contribution in [0.2, 0.25) is 0 Å². The average Bonchev–Trinajstić information content (AvgIpc) is 2.10. The fourth-order valence-electron chi connectivity index (χ4n) is 2.57. The Kier molecular flexibility index (Phi) is 4.23. The number of nitrogens with one attached hydrogen (secondary N) is 1. The second kappa shape index (κ2) is 5.19. The van der Waals surface area contributed by atoms with Crippen LogP contribution in [0.5, 0.6) is 0 Å². The van der Waals surface area contributed by atoms with Crippen LogP contribution in [0.3, 0.4) is 0 Å². The first-order chi connectivity index (χ1) is 8.48. The van der Waals surface area contributed by atoms with E-state index >= 15 is 0 Å². The predicted molar refractivity (Wildman–Crippen MR) is 79.0 cm³/mol. The van der Waals surface area contributed by atoms with Crippen LogP contribution in [0.4, 0.5) is 5.82 Å². The monoisotopic (exact) mass is 263 g/mol. The van der Waals surface area contributed by atoms with Gasteiger partial charge < -0.3 is 11.1 Å². The van der Waals surface area contributed by atoms with E-state index in [4.69, 9.17) is 5.73 Å². The number of aromatic nitrogens is 1. The first-order valence-electron chi connectivity index (χ1n) is 6.55. The molecule has 0 saturated carbocycles. The van der Waals surface area contributed by atoms with Gasteiger partial charge in [-0.2, -0.15) is 0 Å². The van der Waals surface area contributed by atoms with Crippen molar-refractivity contribution >= 4 is 11.7 Å².